The van der Waals surface area contributed by atoms with Gasteiger partial charge in [-0.1, -0.05) is 36.4 Å². The van der Waals surface area contributed by atoms with E-state index >= 15 is 0 Å². The maximum absolute atomic E-state index is 5.99. The molecule has 0 aliphatic carbocycles. The number of nitrogens with two attached hydrogens (primary N) is 1. The summed E-state index contributed by atoms with van der Waals surface area (Å²) in [6.07, 6.45) is 3.65. The molecule has 0 fully saturated rings. The number of hydrogen-bond acceptors (Lipinski definition) is 2. The zero-order valence-electron chi connectivity index (χ0n) is 9.30. The summed E-state index contributed by atoms with van der Waals surface area (Å²) < 4.78 is 0. The van der Waals surface area contributed by atoms with Crippen molar-refractivity contribution in [3.8, 4) is 11.1 Å². The number of pyridine rings is 1. The Morgan fingerprint density at radius 2 is 1.65 bits per heavy atom. The molecule has 3 rings (SSSR count). The van der Waals surface area contributed by atoms with E-state index in [1.54, 1.807) is 6.20 Å². The molecule has 0 aliphatic heterocycles. The van der Waals surface area contributed by atoms with Gasteiger partial charge in [-0.05, 0) is 23.1 Å². The minimum atomic E-state index is 0.813. The van der Waals surface area contributed by atoms with Crippen LogP contribution in [0.4, 0.5) is 5.69 Å². The molecule has 1 aromatic heterocycles. The molecule has 0 saturated carbocycles. The lowest BCUT2D eigenvalue weighted by molar-refractivity contribution is 1.33. The number of nitrogens with zero attached hydrogens (tertiary/aromatic N) is 1. The van der Waals surface area contributed by atoms with Gasteiger partial charge < -0.3 is 5.73 Å². The minimum Gasteiger partial charge on any atom is -0.398 e. The van der Waals surface area contributed by atoms with Crippen LogP contribution in [0.15, 0.2) is 60.9 Å². The minimum absolute atomic E-state index is 0.813. The molecule has 0 radical (unpaired) electrons. The van der Waals surface area contributed by atoms with Crippen LogP contribution in [0.1, 0.15) is 0 Å². The molecule has 0 spiro atoms. The van der Waals surface area contributed by atoms with Gasteiger partial charge in [-0.25, -0.2) is 0 Å². The third kappa shape index (κ3) is 1.64. The quantitative estimate of drug-likeness (QED) is 0.637. The van der Waals surface area contributed by atoms with Crippen LogP contribution in [0.3, 0.4) is 0 Å². The van der Waals surface area contributed by atoms with Gasteiger partial charge in [-0.15, -0.1) is 0 Å². The van der Waals surface area contributed by atoms with Crippen LogP contribution in [-0.2, 0) is 0 Å². The summed E-state index contributed by atoms with van der Waals surface area (Å²) in [6, 6.07) is 16.2. The first-order chi connectivity index (χ1) is 8.36. The average Bonchev–Trinajstić information content (AvgIpc) is 2.41. The Balaban J connectivity index is 2.35. The van der Waals surface area contributed by atoms with E-state index in [0.717, 1.165) is 16.6 Å². The van der Waals surface area contributed by atoms with Crippen molar-refractivity contribution >= 4 is 16.5 Å². The lowest BCUT2D eigenvalue weighted by atomic mass is 9.98. The summed E-state index contributed by atoms with van der Waals surface area (Å²) in [5.41, 5.74) is 9.08. The van der Waals surface area contributed by atoms with Crippen molar-refractivity contribution < 1.29 is 0 Å². The molecule has 0 amide bonds. The maximum atomic E-state index is 5.99. The van der Waals surface area contributed by atoms with E-state index in [2.05, 4.69) is 23.2 Å². The van der Waals surface area contributed by atoms with Crippen LogP contribution in [0.5, 0.6) is 0 Å². The van der Waals surface area contributed by atoms with E-state index in [0.29, 0.717) is 0 Å². The topological polar surface area (TPSA) is 38.9 Å². The van der Waals surface area contributed by atoms with Crippen LogP contribution in [-0.4, -0.2) is 4.98 Å². The van der Waals surface area contributed by atoms with Gasteiger partial charge in [-0.2, -0.15) is 0 Å². The molecule has 2 N–H and O–H groups in total. The number of hydrogen-bond donors (Lipinski definition) is 1. The van der Waals surface area contributed by atoms with E-state index in [1.807, 2.05) is 36.5 Å². The molecule has 82 valence electrons. The number of anilines is 1. The molecule has 2 aromatic carbocycles. The van der Waals surface area contributed by atoms with E-state index in [4.69, 9.17) is 5.73 Å². The predicted octanol–water partition coefficient (Wildman–Crippen LogP) is 3.48. The van der Waals surface area contributed by atoms with Gasteiger partial charge in [0.2, 0.25) is 0 Å². The highest BCUT2D eigenvalue weighted by atomic mass is 14.6. The molecular formula is C15H12N2. The third-order valence-corrected chi connectivity index (χ3v) is 2.93. The van der Waals surface area contributed by atoms with Crippen LogP contribution in [0, 0.1) is 0 Å². The molecule has 0 saturated heterocycles. The lowest BCUT2D eigenvalue weighted by Gasteiger charge is -2.08. The molecule has 0 bridgehead atoms. The molecule has 0 atom stereocenters. The van der Waals surface area contributed by atoms with Crippen molar-refractivity contribution in [1.29, 1.82) is 0 Å². The Morgan fingerprint density at radius 1 is 0.824 bits per heavy atom. The van der Waals surface area contributed by atoms with E-state index in [9.17, 15) is 0 Å². The van der Waals surface area contributed by atoms with Crippen LogP contribution in [0.25, 0.3) is 21.9 Å². The maximum Gasteiger partial charge on any atom is 0.0394 e. The fourth-order valence-corrected chi connectivity index (χ4v) is 2.10. The highest BCUT2D eigenvalue weighted by molar-refractivity contribution is 6.02. The first kappa shape index (κ1) is 9.85. The Morgan fingerprint density at radius 3 is 2.41 bits per heavy atom. The summed E-state index contributed by atoms with van der Waals surface area (Å²) >= 11 is 0. The predicted molar refractivity (Wildman–Crippen MR) is 71.6 cm³/mol. The lowest BCUT2D eigenvalue weighted by Crippen LogP contribution is -1.89. The van der Waals surface area contributed by atoms with Crippen LogP contribution >= 0.6 is 0 Å². The first-order valence-electron chi connectivity index (χ1n) is 5.54. The zero-order chi connectivity index (χ0) is 11.7. The highest BCUT2D eigenvalue weighted by Gasteiger charge is 2.05. The molecule has 2 heteroatoms. The number of benzene rings is 2. The van der Waals surface area contributed by atoms with Crippen molar-refractivity contribution in [2.45, 2.75) is 0 Å². The van der Waals surface area contributed by atoms with Crippen LogP contribution in [0.2, 0.25) is 0 Å². The Hall–Kier alpha value is -2.35. The van der Waals surface area contributed by atoms with Gasteiger partial charge in [0, 0.05) is 29.0 Å². The SMILES string of the molecule is Nc1ccc(-c2cccnc2)c2ccccc12. The Labute approximate surface area is 99.7 Å². The van der Waals surface area contributed by atoms with Gasteiger partial charge in [-0.3, -0.25) is 4.98 Å². The van der Waals surface area contributed by atoms with Gasteiger partial charge in [0.25, 0.3) is 0 Å². The van der Waals surface area contributed by atoms with Gasteiger partial charge in [0.15, 0.2) is 0 Å². The Bertz CT molecular complexity index is 660. The van der Waals surface area contributed by atoms with Crippen LogP contribution < -0.4 is 5.73 Å². The normalized spacial score (nSPS) is 10.6. The largest absolute Gasteiger partial charge is 0.398 e. The second kappa shape index (κ2) is 3.91. The summed E-state index contributed by atoms with van der Waals surface area (Å²) in [5, 5.41) is 2.26. The second-order valence-corrected chi connectivity index (χ2v) is 3.99. The van der Waals surface area contributed by atoms with Crippen molar-refractivity contribution in [2.75, 3.05) is 5.73 Å². The highest BCUT2D eigenvalue weighted by Crippen LogP contribution is 2.31. The van der Waals surface area contributed by atoms with Crippen molar-refractivity contribution in [1.82, 2.24) is 4.98 Å². The molecule has 0 unspecified atom stereocenters. The number of aromatic nitrogens is 1. The average molecular weight is 220 g/mol. The zero-order valence-corrected chi connectivity index (χ0v) is 9.30. The summed E-state index contributed by atoms with van der Waals surface area (Å²) in [5.74, 6) is 0. The molecule has 0 aliphatic rings. The van der Waals surface area contributed by atoms with E-state index < -0.39 is 0 Å². The summed E-state index contributed by atoms with van der Waals surface area (Å²) in [7, 11) is 0. The molecule has 2 nitrogen and oxygen atoms in total. The third-order valence-electron chi connectivity index (χ3n) is 2.93. The van der Waals surface area contributed by atoms with Crippen molar-refractivity contribution in [3.05, 3.63) is 60.9 Å². The van der Waals surface area contributed by atoms with Crippen molar-refractivity contribution in [3.63, 3.8) is 0 Å². The number of nitrogen functional groups attached to an aromatic ring is 1. The molecule has 17 heavy (non-hydrogen) atoms. The molecule has 1 heterocycles. The standard InChI is InChI=1S/C15H12N2/c16-15-8-7-12(11-4-3-9-17-10-11)13-5-1-2-6-14(13)15/h1-10H,16H2. The first-order valence-corrected chi connectivity index (χ1v) is 5.54. The van der Waals surface area contributed by atoms with Gasteiger partial charge >= 0.3 is 0 Å². The van der Waals surface area contributed by atoms with Crippen molar-refractivity contribution in [2.24, 2.45) is 0 Å². The fourth-order valence-electron chi connectivity index (χ4n) is 2.10. The molecule has 3 aromatic rings. The van der Waals surface area contributed by atoms with E-state index in [1.165, 1.54) is 10.9 Å². The second-order valence-electron chi connectivity index (χ2n) is 3.99. The van der Waals surface area contributed by atoms with E-state index in [-0.39, 0.29) is 0 Å². The molecular weight excluding hydrogens is 208 g/mol. The van der Waals surface area contributed by atoms with Gasteiger partial charge in [0.05, 0.1) is 0 Å². The summed E-state index contributed by atoms with van der Waals surface area (Å²) in [4.78, 5) is 4.16. The fraction of sp³-hybridized carbons (Fsp3) is 0. The number of fused-ring (bicyclic) bond motifs is 1. The van der Waals surface area contributed by atoms with Gasteiger partial charge in [0.1, 0.15) is 0 Å². The number of rotatable bonds is 1. The Kier molecular flexibility index (Phi) is 2.26. The monoisotopic (exact) mass is 220 g/mol. The summed E-state index contributed by atoms with van der Waals surface area (Å²) in [6.45, 7) is 0. The smallest absolute Gasteiger partial charge is 0.0394 e.